The van der Waals surface area contributed by atoms with Crippen LogP contribution in [0.1, 0.15) is 55.4 Å². The van der Waals surface area contributed by atoms with Crippen LogP contribution in [0, 0.1) is 0 Å². The monoisotopic (exact) mass is 498 g/mol. The van der Waals surface area contributed by atoms with Gasteiger partial charge in [-0.15, -0.1) is 0 Å². The minimum absolute atomic E-state index is 0.462. The summed E-state index contributed by atoms with van der Waals surface area (Å²) in [5.74, 6) is -2.03. The smallest absolute Gasteiger partial charge is 0.414 e. The third kappa shape index (κ3) is 6.30. The second-order valence-corrected chi connectivity index (χ2v) is 9.96. The topological polar surface area (TPSA) is 96.3 Å². The molecule has 0 unspecified atom stereocenters. The number of rotatable bonds is 6. The normalized spacial score (nSPS) is 14.4. The van der Waals surface area contributed by atoms with Gasteiger partial charge in [-0.1, -0.05) is 66.7 Å². The number of carboxylic acid groups (broad SMARTS) is 1. The van der Waals surface area contributed by atoms with Crippen molar-refractivity contribution in [3.8, 4) is 0 Å². The molecule has 3 aromatic carbocycles. The van der Waals surface area contributed by atoms with E-state index >= 15 is 0 Å². The Morgan fingerprint density at radius 2 is 1.54 bits per heavy atom. The van der Waals surface area contributed by atoms with Crippen molar-refractivity contribution in [2.24, 2.45) is 4.99 Å². The van der Waals surface area contributed by atoms with Gasteiger partial charge in [0.2, 0.25) is 5.91 Å². The lowest BCUT2D eigenvalue weighted by molar-refractivity contribution is -0.158. The number of nitrogens with zero attached hydrogens (tertiary/aromatic N) is 2. The van der Waals surface area contributed by atoms with E-state index in [1.165, 1.54) is 0 Å². The fraction of sp³-hybridized carbons (Fsp3) is 0.267. The molecule has 190 valence electrons. The number of benzene rings is 3. The molecule has 2 amide bonds. The molecule has 0 saturated carbocycles. The summed E-state index contributed by atoms with van der Waals surface area (Å²) in [6.07, 6.45) is -0.397. The Bertz CT molecular complexity index is 1290. The highest BCUT2D eigenvalue weighted by Crippen LogP contribution is 2.37. The molecule has 1 N–H and O–H groups in total. The van der Waals surface area contributed by atoms with Gasteiger partial charge in [0.1, 0.15) is 12.1 Å². The van der Waals surface area contributed by atoms with Crippen LogP contribution in [-0.4, -0.2) is 45.8 Å². The highest BCUT2D eigenvalue weighted by Gasteiger charge is 2.36. The Morgan fingerprint density at radius 3 is 2.08 bits per heavy atom. The van der Waals surface area contributed by atoms with Gasteiger partial charge < -0.3 is 9.84 Å². The highest BCUT2D eigenvalue weighted by molar-refractivity contribution is 6.14. The maximum absolute atomic E-state index is 13.2. The first-order chi connectivity index (χ1) is 17.6. The van der Waals surface area contributed by atoms with E-state index < -0.39 is 36.0 Å². The van der Waals surface area contributed by atoms with Crippen molar-refractivity contribution in [2.45, 2.75) is 45.1 Å². The van der Waals surface area contributed by atoms with E-state index in [4.69, 9.17) is 9.73 Å². The maximum Gasteiger partial charge on any atom is 0.414 e. The molecule has 4 rings (SSSR count). The number of amides is 2. The fourth-order valence-electron chi connectivity index (χ4n) is 4.48. The van der Waals surface area contributed by atoms with E-state index in [9.17, 15) is 19.5 Å². The van der Waals surface area contributed by atoms with E-state index in [0.717, 1.165) is 33.7 Å². The summed E-state index contributed by atoms with van der Waals surface area (Å²) < 4.78 is 5.22. The average Bonchev–Trinajstić information content (AvgIpc) is 3.28. The van der Waals surface area contributed by atoms with Crippen LogP contribution in [-0.2, 0) is 20.7 Å². The molecule has 0 bridgehead atoms. The molecule has 0 aromatic heterocycles. The van der Waals surface area contributed by atoms with E-state index in [1.54, 1.807) is 20.8 Å². The lowest BCUT2D eigenvalue weighted by Crippen LogP contribution is -2.43. The summed E-state index contributed by atoms with van der Waals surface area (Å²) in [4.78, 5) is 42.8. The molecular formula is C30H30N2O5. The standard InChI is InChI=1S/C30H30N2O5/c1-30(2,3)37-26(33)19-32(29(35)36)28(34)25-16-14-22-18-23(15-17-24(22)25)31-27(20-10-6-4-7-11-20)21-12-8-5-9-13-21/h4-13,15,17-18,25H,14,16,19H2,1-3H3,(H,35,36)/t25-/m0/s1. The van der Waals surface area contributed by atoms with Crippen molar-refractivity contribution in [3.05, 3.63) is 101 Å². The molecule has 0 saturated heterocycles. The first-order valence-electron chi connectivity index (χ1n) is 12.2. The number of hydrogen-bond acceptors (Lipinski definition) is 5. The van der Waals surface area contributed by atoms with Crippen molar-refractivity contribution in [2.75, 3.05) is 6.54 Å². The van der Waals surface area contributed by atoms with Gasteiger partial charge in [0.15, 0.2) is 0 Å². The number of carbonyl (C=O) groups is 3. The summed E-state index contributed by atoms with van der Waals surface area (Å²) >= 11 is 0. The second kappa shape index (κ2) is 10.8. The van der Waals surface area contributed by atoms with Gasteiger partial charge in [0.05, 0.1) is 17.3 Å². The van der Waals surface area contributed by atoms with Crippen molar-refractivity contribution < 1.29 is 24.2 Å². The molecule has 7 heteroatoms. The van der Waals surface area contributed by atoms with Gasteiger partial charge in [0, 0.05) is 11.1 Å². The van der Waals surface area contributed by atoms with Gasteiger partial charge in [0.25, 0.3) is 0 Å². The van der Waals surface area contributed by atoms with Gasteiger partial charge in [-0.25, -0.2) is 14.7 Å². The average molecular weight is 499 g/mol. The van der Waals surface area contributed by atoms with Crippen LogP contribution in [0.3, 0.4) is 0 Å². The molecule has 0 heterocycles. The van der Waals surface area contributed by atoms with Crippen LogP contribution < -0.4 is 0 Å². The zero-order valence-electron chi connectivity index (χ0n) is 21.2. The maximum atomic E-state index is 13.2. The summed E-state index contributed by atoms with van der Waals surface area (Å²) in [7, 11) is 0. The molecule has 0 spiro atoms. The van der Waals surface area contributed by atoms with Crippen LogP contribution >= 0.6 is 0 Å². The van der Waals surface area contributed by atoms with Crippen LogP contribution in [0.5, 0.6) is 0 Å². The van der Waals surface area contributed by atoms with E-state index in [-0.39, 0.29) is 0 Å². The molecule has 3 aromatic rings. The highest BCUT2D eigenvalue weighted by atomic mass is 16.6. The number of esters is 1. The molecule has 0 fully saturated rings. The predicted molar refractivity (Wildman–Crippen MR) is 141 cm³/mol. The van der Waals surface area contributed by atoms with Gasteiger partial charge in [-0.3, -0.25) is 9.59 Å². The van der Waals surface area contributed by atoms with E-state index in [2.05, 4.69) is 0 Å². The molecule has 0 radical (unpaired) electrons. The molecular weight excluding hydrogens is 468 g/mol. The SMILES string of the molecule is CC(C)(C)OC(=O)CN(C(=O)O)C(=O)[C@H]1CCc2cc(N=C(c3ccccc3)c3ccccc3)ccc21. The quantitative estimate of drug-likeness (QED) is 0.346. The third-order valence-electron chi connectivity index (χ3n) is 6.04. The summed E-state index contributed by atoms with van der Waals surface area (Å²) in [6, 6.07) is 25.5. The van der Waals surface area contributed by atoms with Crippen LogP contribution in [0.15, 0.2) is 83.9 Å². The number of aliphatic imine (C=N–C) groups is 1. The Labute approximate surface area is 216 Å². The van der Waals surface area contributed by atoms with Gasteiger partial charge >= 0.3 is 12.1 Å². The Morgan fingerprint density at radius 1 is 0.946 bits per heavy atom. The first kappa shape index (κ1) is 25.8. The third-order valence-corrected chi connectivity index (χ3v) is 6.04. The lowest BCUT2D eigenvalue weighted by Gasteiger charge is -2.24. The van der Waals surface area contributed by atoms with Crippen molar-refractivity contribution in [1.82, 2.24) is 4.90 Å². The van der Waals surface area contributed by atoms with Gasteiger partial charge in [-0.2, -0.15) is 0 Å². The van der Waals surface area contributed by atoms with Crippen LogP contribution in [0.2, 0.25) is 0 Å². The Balaban J connectivity index is 1.60. The zero-order valence-corrected chi connectivity index (χ0v) is 21.2. The van der Waals surface area contributed by atoms with Gasteiger partial charge in [-0.05, 0) is 56.9 Å². The summed E-state index contributed by atoms with van der Waals surface area (Å²) in [6.45, 7) is 4.42. The minimum Gasteiger partial charge on any atom is -0.465 e. The molecule has 1 aliphatic rings. The molecule has 1 aliphatic carbocycles. The molecule has 0 aliphatic heterocycles. The summed E-state index contributed by atoms with van der Waals surface area (Å²) in [5, 5.41) is 9.64. The molecule has 7 nitrogen and oxygen atoms in total. The molecule has 1 atom stereocenters. The largest absolute Gasteiger partial charge is 0.465 e. The Hall–Kier alpha value is -4.26. The number of imide groups is 1. The number of aryl methyl sites for hydroxylation is 1. The second-order valence-electron chi connectivity index (χ2n) is 9.96. The van der Waals surface area contributed by atoms with Crippen molar-refractivity contribution >= 4 is 29.4 Å². The van der Waals surface area contributed by atoms with Crippen LogP contribution in [0.4, 0.5) is 10.5 Å². The van der Waals surface area contributed by atoms with Crippen LogP contribution in [0.25, 0.3) is 0 Å². The predicted octanol–water partition coefficient (Wildman–Crippen LogP) is 5.73. The summed E-state index contributed by atoms with van der Waals surface area (Å²) in [5.41, 5.74) is 4.49. The van der Waals surface area contributed by atoms with Crippen molar-refractivity contribution in [1.29, 1.82) is 0 Å². The fourth-order valence-corrected chi connectivity index (χ4v) is 4.48. The number of ether oxygens (including phenoxy) is 1. The van der Waals surface area contributed by atoms with E-state index in [1.807, 2.05) is 78.9 Å². The minimum atomic E-state index is -1.47. The van der Waals surface area contributed by atoms with Crippen molar-refractivity contribution in [3.63, 3.8) is 0 Å². The zero-order chi connectivity index (χ0) is 26.6. The van der Waals surface area contributed by atoms with E-state index in [0.29, 0.717) is 17.7 Å². The first-order valence-corrected chi connectivity index (χ1v) is 12.2. The lowest BCUT2D eigenvalue weighted by atomic mass is 9.99. The molecule has 37 heavy (non-hydrogen) atoms. The number of fused-ring (bicyclic) bond motifs is 1. The number of carbonyl (C=O) groups excluding carboxylic acids is 2. The Kier molecular flexibility index (Phi) is 7.53. The number of hydrogen-bond donors (Lipinski definition) is 1.